The van der Waals surface area contributed by atoms with Crippen LogP contribution in [0.3, 0.4) is 0 Å². The van der Waals surface area contributed by atoms with Crippen LogP contribution in [0.4, 0.5) is 0 Å². The summed E-state index contributed by atoms with van der Waals surface area (Å²) in [4.78, 5) is 17.5. The summed E-state index contributed by atoms with van der Waals surface area (Å²) in [5, 5.41) is 0. The number of hydrogen-bond donors (Lipinski definition) is 2. The third-order valence-electron chi connectivity index (χ3n) is 2.33. The molecule has 1 aromatic carbocycles. The lowest BCUT2D eigenvalue weighted by Gasteiger charge is -2.00. The van der Waals surface area contributed by atoms with Crippen LogP contribution in [0, 0.1) is 0 Å². The van der Waals surface area contributed by atoms with Crippen molar-refractivity contribution in [3.63, 3.8) is 0 Å². The van der Waals surface area contributed by atoms with Gasteiger partial charge in [0.05, 0.1) is 6.16 Å². The SMILES string of the molecule is O=P(O)(O)CCC[n+]1csc2ccccc21. The van der Waals surface area contributed by atoms with Gasteiger partial charge in [-0.25, -0.2) is 0 Å². The lowest BCUT2D eigenvalue weighted by atomic mass is 10.3. The molecule has 0 unspecified atom stereocenters. The van der Waals surface area contributed by atoms with E-state index in [4.69, 9.17) is 9.79 Å². The molecule has 0 saturated heterocycles. The maximum atomic E-state index is 10.7. The van der Waals surface area contributed by atoms with Gasteiger partial charge in [-0.2, -0.15) is 4.57 Å². The van der Waals surface area contributed by atoms with E-state index in [9.17, 15) is 4.57 Å². The molecule has 6 heteroatoms. The van der Waals surface area contributed by atoms with Gasteiger partial charge in [0, 0.05) is 12.5 Å². The fourth-order valence-electron chi connectivity index (χ4n) is 1.59. The molecule has 1 aromatic heterocycles. The quantitative estimate of drug-likeness (QED) is 0.649. The molecular weight excluding hydrogens is 245 g/mol. The Morgan fingerprint density at radius 3 is 2.81 bits per heavy atom. The molecule has 2 aromatic rings. The molecule has 0 aliphatic carbocycles. The van der Waals surface area contributed by atoms with Gasteiger partial charge in [-0.1, -0.05) is 23.5 Å². The standard InChI is InChI=1S/C10H12NO3PS/c12-15(13,14)7-3-6-11-8-16-10-5-2-1-4-9(10)11/h1-2,4-5,8H,3,6-7H2,(H-,12,13,14)/p+1. The van der Waals surface area contributed by atoms with Gasteiger partial charge in [0.15, 0.2) is 6.54 Å². The maximum absolute atomic E-state index is 10.7. The monoisotopic (exact) mass is 258 g/mol. The van der Waals surface area contributed by atoms with E-state index in [1.165, 1.54) is 4.70 Å². The zero-order valence-corrected chi connectivity index (χ0v) is 10.3. The van der Waals surface area contributed by atoms with Crippen LogP contribution in [0.15, 0.2) is 29.8 Å². The van der Waals surface area contributed by atoms with Crippen molar-refractivity contribution >= 4 is 29.1 Å². The van der Waals surface area contributed by atoms with E-state index in [2.05, 4.69) is 0 Å². The first-order chi connectivity index (χ1) is 7.56. The second-order valence-corrected chi connectivity index (χ2v) is 6.29. The highest BCUT2D eigenvalue weighted by Gasteiger charge is 2.15. The average Bonchev–Trinajstić information content (AvgIpc) is 2.60. The third kappa shape index (κ3) is 2.89. The van der Waals surface area contributed by atoms with Crippen molar-refractivity contribution in [1.29, 1.82) is 0 Å². The van der Waals surface area contributed by atoms with E-state index < -0.39 is 7.60 Å². The van der Waals surface area contributed by atoms with E-state index in [0.717, 1.165) is 5.52 Å². The Balaban J connectivity index is 2.08. The van der Waals surface area contributed by atoms with Crippen LogP contribution in [-0.2, 0) is 11.1 Å². The van der Waals surface area contributed by atoms with E-state index in [0.29, 0.717) is 13.0 Å². The summed E-state index contributed by atoms with van der Waals surface area (Å²) < 4.78 is 13.9. The lowest BCUT2D eigenvalue weighted by molar-refractivity contribution is -0.667. The number of benzene rings is 1. The zero-order chi connectivity index (χ0) is 11.6. The number of para-hydroxylation sites is 1. The molecule has 86 valence electrons. The summed E-state index contributed by atoms with van der Waals surface area (Å²) in [6.45, 7) is 0.648. The predicted octanol–water partition coefficient (Wildman–Crippen LogP) is 1.76. The molecule has 1 heterocycles. The molecule has 0 spiro atoms. The normalized spacial score (nSPS) is 12.1. The van der Waals surface area contributed by atoms with Crippen molar-refractivity contribution in [1.82, 2.24) is 0 Å². The van der Waals surface area contributed by atoms with Gasteiger partial charge in [-0.15, -0.1) is 0 Å². The number of rotatable bonds is 4. The van der Waals surface area contributed by atoms with Gasteiger partial charge in [0.2, 0.25) is 11.0 Å². The van der Waals surface area contributed by atoms with Crippen LogP contribution < -0.4 is 4.57 Å². The van der Waals surface area contributed by atoms with Crippen molar-refractivity contribution in [2.45, 2.75) is 13.0 Å². The van der Waals surface area contributed by atoms with Gasteiger partial charge in [-0.05, 0) is 6.07 Å². The van der Waals surface area contributed by atoms with E-state index in [1.54, 1.807) is 11.3 Å². The smallest absolute Gasteiger partial charge is 0.324 e. The van der Waals surface area contributed by atoms with E-state index >= 15 is 0 Å². The second-order valence-electron chi connectivity index (χ2n) is 3.63. The molecule has 2 N–H and O–H groups in total. The molecule has 0 fully saturated rings. The topological polar surface area (TPSA) is 61.4 Å². The first-order valence-electron chi connectivity index (χ1n) is 4.96. The number of fused-ring (bicyclic) bond motifs is 1. The summed E-state index contributed by atoms with van der Waals surface area (Å²) in [6, 6.07) is 8.01. The molecule has 0 aliphatic rings. The minimum absolute atomic E-state index is 0.0514. The van der Waals surface area contributed by atoms with Gasteiger partial charge in [0.25, 0.3) is 0 Å². The zero-order valence-electron chi connectivity index (χ0n) is 8.61. The number of aryl methyl sites for hydroxylation is 1. The molecule has 0 atom stereocenters. The molecule has 0 bridgehead atoms. The van der Waals surface area contributed by atoms with Crippen LogP contribution in [0.2, 0.25) is 0 Å². The Labute approximate surface area is 97.3 Å². The number of hydrogen-bond acceptors (Lipinski definition) is 2. The van der Waals surface area contributed by atoms with Crippen LogP contribution in [0.1, 0.15) is 6.42 Å². The summed E-state index contributed by atoms with van der Waals surface area (Å²) >= 11 is 1.64. The first kappa shape index (κ1) is 11.7. The largest absolute Gasteiger partial charge is 0.325 e. The number of nitrogens with zero attached hydrogens (tertiary/aromatic N) is 1. The molecule has 0 amide bonds. The van der Waals surface area contributed by atoms with Crippen molar-refractivity contribution in [3.8, 4) is 0 Å². The van der Waals surface area contributed by atoms with Crippen LogP contribution in [0.5, 0.6) is 0 Å². The predicted molar refractivity (Wildman–Crippen MR) is 63.5 cm³/mol. The van der Waals surface area contributed by atoms with Gasteiger partial charge < -0.3 is 9.79 Å². The van der Waals surface area contributed by atoms with Crippen LogP contribution in [-0.4, -0.2) is 15.9 Å². The third-order valence-corrected chi connectivity index (χ3v) is 4.19. The van der Waals surface area contributed by atoms with Crippen LogP contribution >= 0.6 is 18.9 Å². The maximum Gasteiger partial charge on any atom is 0.325 e. The molecule has 16 heavy (non-hydrogen) atoms. The Kier molecular flexibility index (Phi) is 3.40. The Bertz CT molecular complexity index is 534. The highest BCUT2D eigenvalue weighted by Crippen LogP contribution is 2.34. The molecule has 0 saturated carbocycles. The van der Waals surface area contributed by atoms with Gasteiger partial charge in [0.1, 0.15) is 4.70 Å². The highest BCUT2D eigenvalue weighted by molar-refractivity contribution is 7.51. The molecule has 2 rings (SSSR count). The van der Waals surface area contributed by atoms with Gasteiger partial charge >= 0.3 is 7.60 Å². The van der Waals surface area contributed by atoms with Crippen molar-refractivity contribution in [3.05, 3.63) is 29.8 Å². The summed E-state index contributed by atoms with van der Waals surface area (Å²) in [5.41, 5.74) is 3.11. The Hall–Kier alpha value is -0.740. The Morgan fingerprint density at radius 1 is 1.31 bits per heavy atom. The summed E-state index contributed by atoms with van der Waals surface area (Å²) in [7, 11) is -3.85. The molecular formula is C10H13NO3PS+. The van der Waals surface area contributed by atoms with E-state index in [-0.39, 0.29) is 6.16 Å². The average molecular weight is 258 g/mol. The lowest BCUT2D eigenvalue weighted by Crippen LogP contribution is -2.31. The first-order valence-corrected chi connectivity index (χ1v) is 7.64. The minimum Gasteiger partial charge on any atom is -0.324 e. The second kappa shape index (κ2) is 4.63. The number of thiazole rings is 1. The number of aromatic nitrogens is 1. The highest BCUT2D eigenvalue weighted by atomic mass is 32.1. The summed E-state index contributed by atoms with van der Waals surface area (Å²) in [5.74, 6) is 0. The van der Waals surface area contributed by atoms with Crippen molar-refractivity contribution in [2.24, 2.45) is 0 Å². The fourth-order valence-corrected chi connectivity index (χ4v) is 3.07. The minimum atomic E-state index is -3.85. The molecule has 0 aliphatic heterocycles. The Morgan fingerprint density at radius 2 is 2.06 bits per heavy atom. The molecule has 0 radical (unpaired) electrons. The fraction of sp³-hybridized carbons (Fsp3) is 0.300. The summed E-state index contributed by atoms with van der Waals surface area (Å²) in [6.07, 6.45) is 0.444. The van der Waals surface area contributed by atoms with Gasteiger partial charge in [-0.3, -0.25) is 4.57 Å². The van der Waals surface area contributed by atoms with E-state index in [1.807, 2.05) is 34.3 Å². The molecule has 4 nitrogen and oxygen atoms in total. The van der Waals surface area contributed by atoms with Crippen molar-refractivity contribution in [2.75, 3.05) is 6.16 Å². The van der Waals surface area contributed by atoms with Crippen LogP contribution in [0.25, 0.3) is 10.2 Å². The van der Waals surface area contributed by atoms with Crippen molar-refractivity contribution < 1.29 is 18.9 Å².